The van der Waals surface area contributed by atoms with Gasteiger partial charge in [0.2, 0.25) is 12.4 Å². The molecule has 0 radical (unpaired) electrons. The van der Waals surface area contributed by atoms with Crippen LogP contribution in [0.5, 0.6) is 5.75 Å². The number of nitrogens with zero attached hydrogens (tertiary/aromatic N) is 4. The van der Waals surface area contributed by atoms with Crippen LogP contribution in [0.15, 0.2) is 30.5 Å². The lowest BCUT2D eigenvalue weighted by Crippen LogP contribution is -2.46. The van der Waals surface area contributed by atoms with E-state index in [1.54, 1.807) is 18.2 Å². The number of methoxy groups -OCH3 is 1. The fraction of sp³-hybridized carbons (Fsp3) is 0.400. The molecule has 0 bridgehead atoms. The van der Waals surface area contributed by atoms with Gasteiger partial charge in [-0.25, -0.2) is 9.97 Å². The van der Waals surface area contributed by atoms with E-state index in [0.717, 1.165) is 23.4 Å². The van der Waals surface area contributed by atoms with Crippen molar-refractivity contribution in [3.63, 3.8) is 0 Å². The van der Waals surface area contributed by atoms with Crippen LogP contribution in [-0.4, -0.2) is 60.4 Å². The fourth-order valence-corrected chi connectivity index (χ4v) is 3.84. The SMILES string of the molecule is COc1ccccc1[C@@H]1CC(=O)c2cnc(N3CCN(C=O)CC3)nc2C1. The maximum Gasteiger partial charge on any atom is 0.225 e. The first-order valence-corrected chi connectivity index (χ1v) is 9.16. The van der Waals surface area contributed by atoms with Crippen LogP contribution in [0.3, 0.4) is 0 Å². The number of aromatic nitrogens is 2. The van der Waals surface area contributed by atoms with Crippen molar-refractivity contribution in [3.8, 4) is 5.75 Å². The number of Topliss-reactive ketones (excluding diaryl/α,β-unsaturated/α-hetero) is 1. The summed E-state index contributed by atoms with van der Waals surface area (Å²) in [5.74, 6) is 1.56. The minimum Gasteiger partial charge on any atom is -0.496 e. The molecule has 0 unspecified atom stereocenters. The summed E-state index contributed by atoms with van der Waals surface area (Å²) in [5.41, 5.74) is 2.46. The standard InChI is InChI=1S/C20H22N4O3/c1-27-19-5-3-2-4-15(19)14-10-17-16(18(26)11-14)12-21-20(22-17)24-8-6-23(13-25)7-9-24/h2-5,12-14H,6-11H2,1H3/t14-/m0/s1. The summed E-state index contributed by atoms with van der Waals surface area (Å²) in [4.78, 5) is 36.5. The Bertz CT molecular complexity index is 862. The lowest BCUT2D eigenvalue weighted by atomic mass is 9.82. The van der Waals surface area contributed by atoms with Crippen LogP contribution >= 0.6 is 0 Å². The molecule has 0 saturated carbocycles. The van der Waals surface area contributed by atoms with E-state index in [9.17, 15) is 9.59 Å². The van der Waals surface area contributed by atoms with Gasteiger partial charge in [0.05, 0.1) is 18.4 Å². The summed E-state index contributed by atoms with van der Waals surface area (Å²) in [6, 6.07) is 7.84. The monoisotopic (exact) mass is 366 g/mol. The van der Waals surface area contributed by atoms with Gasteiger partial charge in [-0.3, -0.25) is 9.59 Å². The first kappa shape index (κ1) is 17.5. The van der Waals surface area contributed by atoms with Crippen molar-refractivity contribution in [2.24, 2.45) is 0 Å². The highest BCUT2D eigenvalue weighted by Gasteiger charge is 2.30. The molecule has 0 spiro atoms. The molecular formula is C20H22N4O3. The Morgan fingerprint density at radius 2 is 1.93 bits per heavy atom. The van der Waals surface area contributed by atoms with Gasteiger partial charge in [0, 0.05) is 44.7 Å². The van der Waals surface area contributed by atoms with Crippen LogP contribution in [0.25, 0.3) is 0 Å². The Morgan fingerprint density at radius 1 is 1.15 bits per heavy atom. The molecule has 7 nitrogen and oxygen atoms in total. The number of para-hydroxylation sites is 1. The van der Waals surface area contributed by atoms with E-state index in [-0.39, 0.29) is 11.7 Å². The molecule has 2 aliphatic rings. The molecule has 1 aromatic carbocycles. The number of anilines is 1. The van der Waals surface area contributed by atoms with E-state index >= 15 is 0 Å². The zero-order valence-electron chi connectivity index (χ0n) is 15.3. The molecule has 4 rings (SSSR count). The normalized spacial score (nSPS) is 19.6. The van der Waals surface area contributed by atoms with Crippen LogP contribution < -0.4 is 9.64 Å². The topological polar surface area (TPSA) is 75.6 Å². The third-order valence-corrected chi connectivity index (χ3v) is 5.35. The van der Waals surface area contributed by atoms with Crippen molar-refractivity contribution >= 4 is 18.1 Å². The molecule has 0 N–H and O–H groups in total. The number of piperazine rings is 1. The predicted molar refractivity (Wildman–Crippen MR) is 100 cm³/mol. The van der Waals surface area contributed by atoms with Crippen LogP contribution in [-0.2, 0) is 11.2 Å². The highest BCUT2D eigenvalue weighted by molar-refractivity contribution is 5.98. The van der Waals surface area contributed by atoms with Crippen LogP contribution in [0, 0.1) is 0 Å². The van der Waals surface area contributed by atoms with E-state index in [0.29, 0.717) is 50.5 Å². The number of ketones is 1. The smallest absolute Gasteiger partial charge is 0.225 e. The Labute approximate surface area is 158 Å². The maximum atomic E-state index is 12.7. The number of ether oxygens (including phenoxy) is 1. The maximum absolute atomic E-state index is 12.7. The van der Waals surface area contributed by atoms with Gasteiger partial charge in [0.1, 0.15) is 5.75 Å². The summed E-state index contributed by atoms with van der Waals surface area (Å²) in [6.45, 7) is 2.71. The zero-order valence-corrected chi connectivity index (χ0v) is 15.3. The zero-order chi connectivity index (χ0) is 18.8. The van der Waals surface area contributed by atoms with E-state index in [1.165, 1.54) is 0 Å². The van der Waals surface area contributed by atoms with Gasteiger partial charge in [0.15, 0.2) is 5.78 Å². The predicted octanol–water partition coefficient (Wildman–Crippen LogP) is 1.68. The number of fused-ring (bicyclic) bond motifs is 1. The average Bonchev–Trinajstić information content (AvgIpc) is 2.73. The van der Waals surface area contributed by atoms with E-state index in [4.69, 9.17) is 9.72 Å². The Morgan fingerprint density at radius 3 is 2.67 bits per heavy atom. The van der Waals surface area contributed by atoms with Gasteiger partial charge in [-0.05, 0) is 18.1 Å². The molecule has 7 heteroatoms. The van der Waals surface area contributed by atoms with Gasteiger partial charge in [-0.1, -0.05) is 18.2 Å². The van der Waals surface area contributed by atoms with Crippen molar-refractivity contribution in [2.75, 3.05) is 38.2 Å². The second-order valence-electron chi connectivity index (χ2n) is 6.93. The molecule has 2 heterocycles. The number of amides is 1. The lowest BCUT2D eigenvalue weighted by molar-refractivity contribution is -0.118. The molecule has 1 aliphatic carbocycles. The van der Waals surface area contributed by atoms with Gasteiger partial charge in [-0.15, -0.1) is 0 Å². The molecule has 1 fully saturated rings. The first-order chi connectivity index (χ1) is 13.2. The summed E-state index contributed by atoms with van der Waals surface area (Å²) in [5, 5.41) is 0. The van der Waals surface area contributed by atoms with Crippen LogP contribution in [0.2, 0.25) is 0 Å². The molecule has 1 atom stereocenters. The molecule has 140 valence electrons. The first-order valence-electron chi connectivity index (χ1n) is 9.16. The molecule has 1 aromatic heterocycles. The Kier molecular flexibility index (Phi) is 4.75. The molecule has 2 aromatic rings. The van der Waals surface area contributed by atoms with Crippen molar-refractivity contribution in [1.82, 2.24) is 14.9 Å². The number of hydrogen-bond acceptors (Lipinski definition) is 6. The highest BCUT2D eigenvalue weighted by Crippen LogP contribution is 2.36. The highest BCUT2D eigenvalue weighted by atomic mass is 16.5. The summed E-state index contributed by atoms with van der Waals surface area (Å²) < 4.78 is 5.48. The van der Waals surface area contributed by atoms with Gasteiger partial charge in [-0.2, -0.15) is 0 Å². The molecule has 1 saturated heterocycles. The number of rotatable bonds is 4. The number of benzene rings is 1. The minimum atomic E-state index is 0.0517. The number of hydrogen-bond donors (Lipinski definition) is 0. The van der Waals surface area contributed by atoms with E-state index in [2.05, 4.69) is 9.88 Å². The van der Waals surface area contributed by atoms with Gasteiger partial charge in [0.25, 0.3) is 0 Å². The van der Waals surface area contributed by atoms with Crippen molar-refractivity contribution in [2.45, 2.75) is 18.8 Å². The fourth-order valence-electron chi connectivity index (χ4n) is 3.84. The quantitative estimate of drug-likeness (QED) is 0.767. The summed E-state index contributed by atoms with van der Waals surface area (Å²) in [7, 11) is 1.65. The molecule has 1 amide bonds. The Balaban J connectivity index is 1.60. The largest absolute Gasteiger partial charge is 0.496 e. The van der Waals surface area contributed by atoms with Crippen LogP contribution in [0.1, 0.15) is 34.0 Å². The van der Waals surface area contributed by atoms with E-state index in [1.807, 2.05) is 24.3 Å². The third kappa shape index (κ3) is 3.37. The van der Waals surface area contributed by atoms with E-state index < -0.39 is 0 Å². The van der Waals surface area contributed by atoms with Crippen molar-refractivity contribution in [3.05, 3.63) is 47.3 Å². The number of carbonyl (C=O) groups excluding carboxylic acids is 2. The third-order valence-electron chi connectivity index (χ3n) is 5.35. The van der Waals surface area contributed by atoms with Gasteiger partial charge < -0.3 is 14.5 Å². The summed E-state index contributed by atoms with van der Waals surface area (Å²) in [6.07, 6.45) is 3.66. The van der Waals surface area contributed by atoms with Crippen molar-refractivity contribution < 1.29 is 14.3 Å². The summed E-state index contributed by atoms with van der Waals surface area (Å²) >= 11 is 0. The van der Waals surface area contributed by atoms with Crippen LogP contribution in [0.4, 0.5) is 5.95 Å². The average molecular weight is 366 g/mol. The second kappa shape index (κ2) is 7.34. The van der Waals surface area contributed by atoms with Gasteiger partial charge >= 0.3 is 0 Å². The Hall–Kier alpha value is -2.96. The number of carbonyl (C=O) groups is 2. The molecule has 27 heavy (non-hydrogen) atoms. The minimum absolute atomic E-state index is 0.0517. The second-order valence-corrected chi connectivity index (χ2v) is 6.93. The van der Waals surface area contributed by atoms with Crippen molar-refractivity contribution in [1.29, 1.82) is 0 Å². The lowest BCUT2D eigenvalue weighted by Gasteiger charge is -2.33. The molecule has 1 aliphatic heterocycles. The molecular weight excluding hydrogens is 344 g/mol.